The smallest absolute Gasteiger partial charge is 0.261 e. The molecule has 0 saturated heterocycles. The fourth-order valence-electron chi connectivity index (χ4n) is 1.63. The summed E-state index contributed by atoms with van der Waals surface area (Å²) in [4.78, 5) is 26.8. The van der Waals surface area contributed by atoms with Crippen LogP contribution in [0.15, 0.2) is 30.6 Å². The summed E-state index contributed by atoms with van der Waals surface area (Å²) in [5.74, 6) is -0.540. The fourth-order valence-corrected chi connectivity index (χ4v) is 1.63. The van der Waals surface area contributed by atoms with Crippen molar-refractivity contribution in [1.29, 1.82) is 0 Å². The molecule has 1 aromatic heterocycles. The highest BCUT2D eigenvalue weighted by molar-refractivity contribution is 5.92. The summed E-state index contributed by atoms with van der Waals surface area (Å²) >= 11 is 0. The third-order valence-corrected chi connectivity index (χ3v) is 2.50. The van der Waals surface area contributed by atoms with Crippen molar-refractivity contribution in [2.45, 2.75) is 19.9 Å². The molecule has 6 nitrogen and oxygen atoms in total. The highest BCUT2D eigenvalue weighted by Crippen LogP contribution is 2.09. The Labute approximate surface area is 104 Å². The molecular formula is C12H14N4O2. The quantitative estimate of drug-likeness (QED) is 0.834. The number of fused-ring (bicyclic) bond motifs is 1. The number of hydrogen-bond donors (Lipinski definition) is 2. The number of carbonyl (C=O) groups excluding carboxylic acids is 2. The van der Waals surface area contributed by atoms with E-state index in [9.17, 15) is 9.59 Å². The maximum Gasteiger partial charge on any atom is 0.261 e. The largest absolute Gasteiger partial charge is 0.345 e. The molecule has 0 aliphatic rings. The van der Waals surface area contributed by atoms with E-state index in [-0.39, 0.29) is 11.8 Å². The van der Waals surface area contributed by atoms with Crippen molar-refractivity contribution in [1.82, 2.24) is 15.0 Å². The lowest BCUT2D eigenvalue weighted by Gasteiger charge is -2.13. The zero-order valence-corrected chi connectivity index (χ0v) is 10.2. The van der Waals surface area contributed by atoms with E-state index in [1.807, 2.05) is 24.3 Å². The van der Waals surface area contributed by atoms with Gasteiger partial charge in [-0.1, -0.05) is 12.1 Å². The van der Waals surface area contributed by atoms with Crippen molar-refractivity contribution in [3.63, 3.8) is 0 Å². The number of nitrogens with zero attached hydrogens (tertiary/aromatic N) is 2. The lowest BCUT2D eigenvalue weighted by atomic mass is 10.3. The van der Waals surface area contributed by atoms with Gasteiger partial charge in [0.15, 0.2) is 0 Å². The van der Waals surface area contributed by atoms with Gasteiger partial charge < -0.3 is 5.32 Å². The second-order valence-corrected chi connectivity index (χ2v) is 4.00. The number of nitrogens with one attached hydrogen (secondary N) is 2. The first-order chi connectivity index (χ1) is 8.58. The average Bonchev–Trinajstić information content (AvgIpc) is 2.72. The highest BCUT2D eigenvalue weighted by Gasteiger charge is 2.14. The van der Waals surface area contributed by atoms with Crippen molar-refractivity contribution in [2.75, 3.05) is 5.43 Å². The van der Waals surface area contributed by atoms with Crippen LogP contribution in [0.1, 0.15) is 13.8 Å². The molecule has 2 N–H and O–H groups in total. The molecule has 1 aromatic carbocycles. The predicted octanol–water partition coefficient (Wildman–Crippen LogP) is 0.631. The summed E-state index contributed by atoms with van der Waals surface area (Å²) < 4.78 is 1.54. The normalized spacial score (nSPS) is 12.1. The summed E-state index contributed by atoms with van der Waals surface area (Å²) in [6, 6.07) is 6.86. The molecule has 0 fully saturated rings. The zero-order chi connectivity index (χ0) is 13.1. The molecule has 94 valence electrons. The molecule has 1 heterocycles. The van der Waals surface area contributed by atoms with Gasteiger partial charge in [-0.15, -0.1) is 0 Å². The van der Waals surface area contributed by atoms with Gasteiger partial charge in [-0.05, 0) is 19.1 Å². The van der Waals surface area contributed by atoms with Gasteiger partial charge >= 0.3 is 0 Å². The molecule has 2 aromatic rings. The minimum atomic E-state index is -0.594. The molecule has 1 atom stereocenters. The van der Waals surface area contributed by atoms with Gasteiger partial charge in [-0.2, -0.15) is 0 Å². The molecule has 0 spiro atoms. The van der Waals surface area contributed by atoms with Crippen LogP contribution < -0.4 is 10.7 Å². The molecule has 0 bridgehead atoms. The molecule has 2 amide bonds. The van der Waals surface area contributed by atoms with Crippen molar-refractivity contribution in [3.05, 3.63) is 30.6 Å². The van der Waals surface area contributed by atoms with Crippen molar-refractivity contribution < 1.29 is 9.59 Å². The van der Waals surface area contributed by atoms with Crippen LogP contribution in [-0.2, 0) is 9.59 Å². The topological polar surface area (TPSA) is 76.0 Å². The second-order valence-electron chi connectivity index (χ2n) is 4.00. The van der Waals surface area contributed by atoms with Gasteiger partial charge in [0.25, 0.3) is 5.91 Å². The first-order valence-electron chi connectivity index (χ1n) is 5.58. The molecule has 1 unspecified atom stereocenters. The van der Waals surface area contributed by atoms with Gasteiger partial charge in [-0.3, -0.25) is 15.0 Å². The summed E-state index contributed by atoms with van der Waals surface area (Å²) in [5.41, 5.74) is 4.27. The molecule has 18 heavy (non-hydrogen) atoms. The number of rotatable bonds is 3. The lowest BCUT2D eigenvalue weighted by Crippen LogP contribution is -2.42. The third kappa shape index (κ3) is 2.48. The van der Waals surface area contributed by atoms with Crippen molar-refractivity contribution >= 4 is 22.8 Å². The number of carbonyl (C=O) groups is 2. The number of imidazole rings is 1. The number of amides is 2. The Kier molecular flexibility index (Phi) is 3.27. The van der Waals surface area contributed by atoms with E-state index < -0.39 is 6.04 Å². The highest BCUT2D eigenvalue weighted by atomic mass is 16.2. The van der Waals surface area contributed by atoms with E-state index in [1.165, 1.54) is 17.9 Å². The molecule has 2 rings (SSSR count). The van der Waals surface area contributed by atoms with Crippen LogP contribution in [0, 0.1) is 0 Å². The van der Waals surface area contributed by atoms with Crippen molar-refractivity contribution in [3.8, 4) is 0 Å². The maximum absolute atomic E-state index is 11.8. The molecule has 0 aliphatic heterocycles. The van der Waals surface area contributed by atoms with Crippen LogP contribution in [0.2, 0.25) is 0 Å². The Morgan fingerprint density at radius 2 is 2.06 bits per heavy atom. The Hall–Kier alpha value is -2.37. The van der Waals surface area contributed by atoms with Gasteiger partial charge in [0.05, 0.1) is 11.0 Å². The SMILES string of the molecule is CC(=O)NC(C)C(=O)Nn1cnc2ccccc21. The number of aromatic nitrogens is 2. The Morgan fingerprint density at radius 1 is 1.33 bits per heavy atom. The summed E-state index contributed by atoms with van der Waals surface area (Å²) in [5, 5.41) is 2.52. The summed E-state index contributed by atoms with van der Waals surface area (Å²) in [6.45, 7) is 2.99. The minimum absolute atomic E-state index is 0.242. The molecular weight excluding hydrogens is 232 g/mol. The van der Waals surface area contributed by atoms with Gasteiger partial charge in [0.2, 0.25) is 5.91 Å². The molecule has 6 heteroatoms. The first kappa shape index (κ1) is 12.1. The van der Waals surface area contributed by atoms with Crippen LogP contribution in [0.25, 0.3) is 11.0 Å². The van der Waals surface area contributed by atoms with E-state index in [2.05, 4.69) is 15.7 Å². The van der Waals surface area contributed by atoms with E-state index in [4.69, 9.17) is 0 Å². The third-order valence-electron chi connectivity index (χ3n) is 2.50. The fraction of sp³-hybridized carbons (Fsp3) is 0.250. The van der Waals surface area contributed by atoms with Crippen LogP contribution in [0.4, 0.5) is 0 Å². The molecule has 0 saturated carbocycles. The number of para-hydroxylation sites is 2. The maximum atomic E-state index is 11.8. The average molecular weight is 246 g/mol. The number of benzene rings is 1. The summed E-state index contributed by atoms with van der Waals surface area (Å²) in [6.07, 6.45) is 1.53. The zero-order valence-electron chi connectivity index (χ0n) is 10.2. The van der Waals surface area contributed by atoms with Crippen LogP contribution in [0.5, 0.6) is 0 Å². The van der Waals surface area contributed by atoms with Gasteiger partial charge in [0.1, 0.15) is 12.4 Å². The monoisotopic (exact) mass is 246 g/mol. The van der Waals surface area contributed by atoms with Crippen LogP contribution in [-0.4, -0.2) is 27.5 Å². The predicted molar refractivity (Wildman–Crippen MR) is 67.4 cm³/mol. The van der Waals surface area contributed by atoms with Crippen LogP contribution >= 0.6 is 0 Å². The van der Waals surface area contributed by atoms with Gasteiger partial charge in [-0.25, -0.2) is 9.66 Å². The van der Waals surface area contributed by atoms with Crippen LogP contribution in [0.3, 0.4) is 0 Å². The molecule has 0 radical (unpaired) electrons. The Bertz CT molecular complexity index is 591. The lowest BCUT2D eigenvalue weighted by molar-refractivity contribution is -0.125. The van der Waals surface area contributed by atoms with E-state index in [0.717, 1.165) is 11.0 Å². The number of hydrogen-bond acceptors (Lipinski definition) is 3. The standard InChI is InChI=1S/C12H14N4O2/c1-8(14-9(2)17)12(18)15-16-7-13-10-5-3-4-6-11(10)16/h3-8H,1-2H3,(H,14,17)(H,15,18). The van der Waals surface area contributed by atoms with Gasteiger partial charge in [0, 0.05) is 6.92 Å². The van der Waals surface area contributed by atoms with E-state index >= 15 is 0 Å². The minimum Gasteiger partial charge on any atom is -0.345 e. The van der Waals surface area contributed by atoms with E-state index in [0.29, 0.717) is 0 Å². The Balaban J connectivity index is 2.14. The molecule has 0 aliphatic carbocycles. The second kappa shape index (κ2) is 4.87. The first-order valence-corrected chi connectivity index (χ1v) is 5.58. The van der Waals surface area contributed by atoms with Crippen molar-refractivity contribution in [2.24, 2.45) is 0 Å². The Morgan fingerprint density at radius 3 is 2.78 bits per heavy atom. The summed E-state index contributed by atoms with van der Waals surface area (Å²) in [7, 11) is 0. The van der Waals surface area contributed by atoms with E-state index in [1.54, 1.807) is 6.92 Å².